The first-order valence-corrected chi connectivity index (χ1v) is 8.16. The van der Waals surface area contributed by atoms with Crippen LogP contribution in [0.15, 0.2) is 39.8 Å². The van der Waals surface area contributed by atoms with E-state index >= 15 is 0 Å². The van der Waals surface area contributed by atoms with Crippen molar-refractivity contribution in [2.24, 2.45) is 5.92 Å². The molecular weight excluding hydrogens is 341 g/mol. The van der Waals surface area contributed by atoms with Crippen LogP contribution in [0.1, 0.15) is 21.8 Å². The monoisotopic (exact) mass is 357 g/mol. The molecule has 134 valence electrons. The van der Waals surface area contributed by atoms with Crippen LogP contribution in [-0.4, -0.2) is 44.0 Å². The molecule has 1 aliphatic heterocycles. The van der Waals surface area contributed by atoms with Crippen molar-refractivity contribution in [2.45, 2.75) is 13.3 Å². The number of hydrogen-bond acceptors (Lipinski definition) is 5. The fraction of sp³-hybridized carbons (Fsp3) is 0.294. The third-order valence-electron chi connectivity index (χ3n) is 4.47. The van der Waals surface area contributed by atoms with Crippen molar-refractivity contribution >= 4 is 5.91 Å². The van der Waals surface area contributed by atoms with Gasteiger partial charge in [0.15, 0.2) is 0 Å². The summed E-state index contributed by atoms with van der Waals surface area (Å²) in [5.74, 6) is -0.193. The zero-order chi connectivity index (χ0) is 18.3. The quantitative estimate of drug-likeness (QED) is 0.759. The van der Waals surface area contributed by atoms with Crippen molar-refractivity contribution in [1.82, 2.24) is 25.1 Å². The highest BCUT2D eigenvalue weighted by Gasteiger charge is 2.34. The van der Waals surface area contributed by atoms with Crippen molar-refractivity contribution in [3.8, 4) is 5.69 Å². The topological polar surface area (TPSA) is 97.0 Å². The number of rotatable bonds is 4. The number of benzene rings is 1. The summed E-state index contributed by atoms with van der Waals surface area (Å²) in [7, 11) is 0. The number of likely N-dealkylation sites (tertiary alicyclic amines) is 1. The fourth-order valence-corrected chi connectivity index (χ4v) is 3.10. The van der Waals surface area contributed by atoms with Crippen LogP contribution in [0.25, 0.3) is 5.69 Å². The first-order chi connectivity index (χ1) is 12.5. The molecule has 0 spiro atoms. The third-order valence-corrected chi connectivity index (χ3v) is 4.47. The maximum Gasteiger partial charge on any atom is 0.293 e. The Kier molecular flexibility index (Phi) is 3.90. The summed E-state index contributed by atoms with van der Waals surface area (Å²) in [6, 6.07) is 6.34. The van der Waals surface area contributed by atoms with Gasteiger partial charge in [-0.2, -0.15) is 5.16 Å². The number of aryl methyl sites for hydroxylation is 1. The molecule has 0 bridgehead atoms. The standard InChI is InChI=1S/C17H16FN5O3/c1-10-15(16(24)20-26-10)17(25)22-7-11(8-22)6-12-9-23(21-19-12)14-5-3-2-4-13(14)18/h2-5,9,11H,6-8H2,1H3,(H,20,24). The number of carbonyl (C=O) groups is 1. The number of aromatic nitrogens is 4. The second-order valence-corrected chi connectivity index (χ2v) is 6.35. The van der Waals surface area contributed by atoms with E-state index in [2.05, 4.69) is 15.5 Å². The molecule has 0 radical (unpaired) electrons. The largest absolute Gasteiger partial charge is 0.383 e. The summed E-state index contributed by atoms with van der Waals surface area (Å²) in [5, 5.41) is 10.2. The molecule has 1 N–H and O–H groups in total. The van der Waals surface area contributed by atoms with Crippen LogP contribution in [-0.2, 0) is 6.42 Å². The van der Waals surface area contributed by atoms with Gasteiger partial charge in [0.2, 0.25) is 0 Å². The molecule has 9 heteroatoms. The Hall–Kier alpha value is -3.23. The Balaban J connectivity index is 1.39. The van der Waals surface area contributed by atoms with Crippen molar-refractivity contribution in [1.29, 1.82) is 0 Å². The maximum absolute atomic E-state index is 13.8. The van der Waals surface area contributed by atoms with Gasteiger partial charge in [0, 0.05) is 13.1 Å². The van der Waals surface area contributed by atoms with E-state index in [1.54, 1.807) is 36.2 Å². The highest BCUT2D eigenvalue weighted by Crippen LogP contribution is 2.22. The third kappa shape index (κ3) is 2.81. The molecule has 8 nitrogen and oxygen atoms in total. The summed E-state index contributed by atoms with van der Waals surface area (Å²) >= 11 is 0. The highest BCUT2D eigenvalue weighted by atomic mass is 19.1. The number of carbonyl (C=O) groups excluding carboxylic acids is 1. The van der Waals surface area contributed by atoms with Gasteiger partial charge in [0.1, 0.15) is 22.8 Å². The summed E-state index contributed by atoms with van der Waals surface area (Å²) in [5.41, 5.74) is 0.603. The van der Waals surface area contributed by atoms with Crippen LogP contribution >= 0.6 is 0 Å². The molecule has 1 aromatic carbocycles. The lowest BCUT2D eigenvalue weighted by atomic mass is 9.94. The Morgan fingerprint density at radius 2 is 2.15 bits per heavy atom. The predicted molar refractivity (Wildman–Crippen MR) is 88.5 cm³/mol. The fourth-order valence-electron chi connectivity index (χ4n) is 3.10. The van der Waals surface area contributed by atoms with Gasteiger partial charge in [-0.25, -0.2) is 9.07 Å². The second-order valence-electron chi connectivity index (χ2n) is 6.35. The maximum atomic E-state index is 13.8. The zero-order valence-corrected chi connectivity index (χ0v) is 14.0. The SMILES string of the molecule is Cc1o[nH]c(=O)c1C(=O)N1CC(Cc2cn(-c3ccccc3F)nn2)C1. The molecule has 0 atom stereocenters. The van der Waals surface area contributed by atoms with Crippen molar-refractivity contribution in [2.75, 3.05) is 13.1 Å². The van der Waals surface area contributed by atoms with E-state index in [0.29, 0.717) is 25.2 Å². The average molecular weight is 357 g/mol. The number of nitrogens with zero attached hydrogens (tertiary/aromatic N) is 4. The van der Waals surface area contributed by atoms with Gasteiger partial charge >= 0.3 is 0 Å². The molecule has 3 heterocycles. The normalized spacial score (nSPS) is 14.5. The molecule has 1 fully saturated rings. The molecule has 1 aliphatic rings. The Bertz CT molecular complexity index is 1020. The van der Waals surface area contributed by atoms with Gasteiger partial charge in [0.05, 0.1) is 11.9 Å². The van der Waals surface area contributed by atoms with Gasteiger partial charge in [-0.05, 0) is 31.4 Å². The first-order valence-electron chi connectivity index (χ1n) is 8.16. The molecular formula is C17H16FN5O3. The minimum Gasteiger partial charge on any atom is -0.383 e. The van der Waals surface area contributed by atoms with E-state index in [9.17, 15) is 14.0 Å². The van der Waals surface area contributed by atoms with Crippen LogP contribution in [0.3, 0.4) is 0 Å². The number of halogens is 1. The Morgan fingerprint density at radius 1 is 1.38 bits per heavy atom. The van der Waals surface area contributed by atoms with Crippen LogP contribution in [0.2, 0.25) is 0 Å². The Morgan fingerprint density at radius 3 is 2.85 bits per heavy atom. The van der Waals surface area contributed by atoms with Crippen molar-refractivity contribution < 1.29 is 13.7 Å². The molecule has 0 aliphatic carbocycles. The van der Waals surface area contributed by atoms with E-state index in [1.165, 1.54) is 10.7 Å². The van der Waals surface area contributed by atoms with Crippen LogP contribution in [0.5, 0.6) is 0 Å². The number of aromatic amines is 1. The van der Waals surface area contributed by atoms with Gasteiger partial charge < -0.3 is 9.42 Å². The van der Waals surface area contributed by atoms with Crippen molar-refractivity contribution in [3.05, 3.63) is 63.7 Å². The van der Waals surface area contributed by atoms with E-state index in [4.69, 9.17) is 4.52 Å². The highest BCUT2D eigenvalue weighted by molar-refractivity contribution is 5.95. The molecule has 3 aromatic rings. The van der Waals surface area contributed by atoms with E-state index in [-0.39, 0.29) is 29.0 Å². The molecule has 4 rings (SSSR count). The number of amides is 1. The lowest BCUT2D eigenvalue weighted by Crippen LogP contribution is -2.51. The second kappa shape index (κ2) is 6.25. The van der Waals surface area contributed by atoms with Crippen molar-refractivity contribution in [3.63, 3.8) is 0 Å². The number of H-pyrrole nitrogens is 1. The molecule has 0 unspecified atom stereocenters. The molecule has 0 saturated carbocycles. The number of hydrogen-bond donors (Lipinski definition) is 1. The van der Waals surface area contributed by atoms with Gasteiger partial charge in [-0.3, -0.25) is 9.59 Å². The van der Waals surface area contributed by atoms with Crippen LogP contribution < -0.4 is 5.56 Å². The average Bonchev–Trinajstić information content (AvgIpc) is 3.17. The first kappa shape index (κ1) is 16.2. The minimum absolute atomic E-state index is 0.0500. The lowest BCUT2D eigenvalue weighted by molar-refractivity contribution is 0.0496. The van der Waals surface area contributed by atoms with E-state index in [1.807, 2.05) is 0 Å². The van der Waals surface area contributed by atoms with E-state index < -0.39 is 5.56 Å². The number of nitrogens with one attached hydrogen (secondary N) is 1. The molecule has 26 heavy (non-hydrogen) atoms. The van der Waals surface area contributed by atoms with Gasteiger partial charge in [0.25, 0.3) is 11.5 Å². The summed E-state index contributed by atoms with van der Waals surface area (Å²) in [6.45, 7) is 2.62. The summed E-state index contributed by atoms with van der Waals surface area (Å²) in [4.78, 5) is 25.5. The van der Waals surface area contributed by atoms with Crippen LogP contribution in [0, 0.1) is 18.7 Å². The van der Waals surface area contributed by atoms with E-state index in [0.717, 1.165) is 5.69 Å². The minimum atomic E-state index is -0.510. The van der Waals surface area contributed by atoms with Crippen LogP contribution in [0.4, 0.5) is 4.39 Å². The Labute approximate surface area is 147 Å². The molecule has 2 aromatic heterocycles. The van der Waals surface area contributed by atoms with Gasteiger partial charge in [-0.1, -0.05) is 17.3 Å². The van der Waals surface area contributed by atoms with Gasteiger partial charge in [-0.15, -0.1) is 5.10 Å². The lowest BCUT2D eigenvalue weighted by Gasteiger charge is -2.38. The smallest absolute Gasteiger partial charge is 0.293 e. The molecule has 1 amide bonds. The summed E-state index contributed by atoms with van der Waals surface area (Å²) in [6.07, 6.45) is 2.31. The predicted octanol–water partition coefficient (Wildman–Crippen LogP) is 1.31. The molecule has 1 saturated heterocycles. The zero-order valence-electron chi connectivity index (χ0n) is 14.0. The summed E-state index contributed by atoms with van der Waals surface area (Å²) < 4.78 is 20.1. The number of para-hydroxylation sites is 1.